The number of nitro benzene ring substituents is 1. The van der Waals surface area contributed by atoms with E-state index in [2.05, 4.69) is 5.10 Å². The van der Waals surface area contributed by atoms with Crippen molar-refractivity contribution in [2.75, 3.05) is 31.0 Å². The largest absolute Gasteiger partial charge is 0.331 e. The zero-order valence-electron chi connectivity index (χ0n) is 14.0. The fourth-order valence-electron chi connectivity index (χ4n) is 2.68. The molecule has 2 aromatic carbocycles. The molecule has 8 nitrogen and oxygen atoms in total. The molecule has 4 rings (SSSR count). The van der Waals surface area contributed by atoms with Gasteiger partial charge in [-0.1, -0.05) is 30.3 Å². The monoisotopic (exact) mass is 371 g/mol. The Hall–Kier alpha value is -2.54. The van der Waals surface area contributed by atoms with Crippen LogP contribution in [-0.4, -0.2) is 46.7 Å². The molecule has 0 spiro atoms. The second-order valence-corrected chi connectivity index (χ2v) is 8.68. The first-order valence-electron chi connectivity index (χ1n) is 8.34. The molecule has 9 heteroatoms. The molecular weight excluding hydrogens is 353 g/mol. The Morgan fingerprint density at radius 3 is 2.08 bits per heavy atom. The van der Waals surface area contributed by atoms with E-state index in [0.717, 1.165) is 31.7 Å². The maximum atomic E-state index is 13.8. The van der Waals surface area contributed by atoms with Crippen LogP contribution in [0.4, 0.5) is 11.4 Å². The molecule has 2 saturated heterocycles. The molecule has 0 aliphatic carbocycles. The van der Waals surface area contributed by atoms with Crippen molar-refractivity contribution in [3.05, 3.63) is 70.3 Å². The van der Waals surface area contributed by atoms with Crippen molar-refractivity contribution in [2.45, 2.75) is 0 Å². The molecule has 26 heavy (non-hydrogen) atoms. The van der Waals surface area contributed by atoms with Crippen LogP contribution in [0.25, 0.3) is 0 Å². The van der Waals surface area contributed by atoms with Gasteiger partial charge in [0.15, 0.2) is 0 Å². The summed E-state index contributed by atoms with van der Waals surface area (Å²) >= 11 is 0. The first-order valence-corrected chi connectivity index (χ1v) is 9.90. The number of hydrogen-bond acceptors (Lipinski definition) is 4. The van der Waals surface area contributed by atoms with Crippen LogP contribution in [0.15, 0.2) is 59.7 Å². The van der Waals surface area contributed by atoms with Gasteiger partial charge in [0, 0.05) is 38.3 Å². The fraction of sp³-hybridized carbons (Fsp3) is 0.235. The number of nitro groups is 1. The van der Waals surface area contributed by atoms with Gasteiger partial charge in [0.2, 0.25) is 0 Å². The number of non-ortho nitro benzene ring substituents is 1. The number of rotatable bonds is 7. The van der Waals surface area contributed by atoms with Crippen LogP contribution in [0.2, 0.25) is 0 Å². The molecule has 2 heterocycles. The number of anilines is 1. The maximum Gasteiger partial charge on any atom is 0.331 e. The van der Waals surface area contributed by atoms with Gasteiger partial charge in [-0.15, -0.1) is 0 Å². The van der Waals surface area contributed by atoms with Crippen molar-refractivity contribution >= 4 is 25.2 Å². The summed E-state index contributed by atoms with van der Waals surface area (Å²) in [6.07, 6.45) is 1.67. The van der Waals surface area contributed by atoms with Crippen LogP contribution >= 0.6 is 7.59 Å². The molecule has 2 aliphatic heterocycles. The number of hydrazone groups is 1. The minimum Gasteiger partial charge on any atom is -0.262 e. The third-order valence-electron chi connectivity index (χ3n) is 4.24. The Morgan fingerprint density at radius 2 is 1.58 bits per heavy atom. The van der Waals surface area contributed by atoms with E-state index in [1.165, 1.54) is 16.9 Å². The van der Waals surface area contributed by atoms with Crippen molar-refractivity contribution in [3.8, 4) is 0 Å². The molecule has 2 fully saturated rings. The second-order valence-electron chi connectivity index (χ2n) is 6.14. The molecule has 2 aromatic rings. The molecule has 0 aromatic heterocycles. The standard InChI is InChI=1S/C17H18N5O3P/c23-22(24)17-8-6-16(7-9-17)21(18-14-15-4-2-1-3-5-15)26(25,19-10-11-19)20-12-13-20/h1-9,14H,10-13H2. The van der Waals surface area contributed by atoms with Crippen LogP contribution in [0.3, 0.4) is 0 Å². The van der Waals surface area contributed by atoms with E-state index in [9.17, 15) is 14.7 Å². The van der Waals surface area contributed by atoms with E-state index in [4.69, 9.17) is 0 Å². The van der Waals surface area contributed by atoms with E-state index in [1.54, 1.807) is 18.3 Å². The van der Waals surface area contributed by atoms with E-state index in [1.807, 2.05) is 39.7 Å². The minimum absolute atomic E-state index is 0.00553. The fourth-order valence-corrected chi connectivity index (χ4v) is 5.36. The van der Waals surface area contributed by atoms with Crippen molar-refractivity contribution < 1.29 is 9.49 Å². The smallest absolute Gasteiger partial charge is 0.262 e. The van der Waals surface area contributed by atoms with Gasteiger partial charge >= 0.3 is 7.59 Å². The first-order chi connectivity index (χ1) is 12.6. The predicted octanol–water partition coefficient (Wildman–Crippen LogP) is 3.17. The molecule has 2 aliphatic rings. The summed E-state index contributed by atoms with van der Waals surface area (Å²) in [5.74, 6) is 0. The van der Waals surface area contributed by atoms with Crippen molar-refractivity contribution in [1.82, 2.24) is 9.34 Å². The lowest BCUT2D eigenvalue weighted by atomic mass is 10.2. The summed E-state index contributed by atoms with van der Waals surface area (Å²) in [5.41, 5.74) is 1.46. The van der Waals surface area contributed by atoms with Crippen molar-refractivity contribution in [3.63, 3.8) is 0 Å². The lowest BCUT2D eigenvalue weighted by Gasteiger charge is -2.30. The van der Waals surface area contributed by atoms with Gasteiger partial charge in [0.1, 0.15) is 0 Å². The van der Waals surface area contributed by atoms with Crippen molar-refractivity contribution in [1.29, 1.82) is 0 Å². The van der Waals surface area contributed by atoms with E-state index in [-0.39, 0.29) is 5.69 Å². The Balaban J connectivity index is 1.72. The Bertz CT molecular complexity index is 863. The number of benzene rings is 2. The summed E-state index contributed by atoms with van der Waals surface area (Å²) in [6, 6.07) is 15.6. The third-order valence-corrected chi connectivity index (χ3v) is 7.34. The first kappa shape index (κ1) is 16.9. The van der Waals surface area contributed by atoms with Gasteiger partial charge in [-0.25, -0.2) is 9.34 Å². The highest BCUT2D eigenvalue weighted by atomic mass is 31.2. The molecule has 0 saturated carbocycles. The molecule has 0 unspecified atom stereocenters. The third kappa shape index (κ3) is 3.26. The highest BCUT2D eigenvalue weighted by molar-refractivity contribution is 7.61. The highest BCUT2D eigenvalue weighted by Gasteiger charge is 2.52. The molecule has 0 atom stereocenters. The Kier molecular flexibility index (Phi) is 4.32. The van der Waals surface area contributed by atoms with Crippen molar-refractivity contribution in [2.24, 2.45) is 5.10 Å². The quantitative estimate of drug-likeness (QED) is 0.244. The zero-order chi connectivity index (χ0) is 18.1. The van der Waals surface area contributed by atoms with Crippen LogP contribution < -0.4 is 4.78 Å². The van der Waals surface area contributed by atoms with Gasteiger partial charge in [-0.05, 0) is 17.7 Å². The Labute approximate surface area is 151 Å². The van der Waals surface area contributed by atoms with E-state index < -0.39 is 12.5 Å². The Morgan fingerprint density at radius 1 is 1.00 bits per heavy atom. The number of hydrogen-bond donors (Lipinski definition) is 0. The molecule has 0 amide bonds. The van der Waals surface area contributed by atoms with Gasteiger partial charge in [-0.2, -0.15) is 9.88 Å². The summed E-state index contributed by atoms with van der Waals surface area (Å²) in [7, 11) is -3.02. The minimum atomic E-state index is -3.02. The predicted molar refractivity (Wildman–Crippen MR) is 100 cm³/mol. The summed E-state index contributed by atoms with van der Waals surface area (Å²) < 4.78 is 19.2. The molecule has 134 valence electrons. The number of nitrogens with zero attached hydrogens (tertiary/aromatic N) is 5. The lowest BCUT2D eigenvalue weighted by Crippen LogP contribution is -2.23. The SMILES string of the molecule is O=[N+]([O-])c1ccc(N(N=Cc2ccccc2)P(=O)(N2CC2)N2CC2)cc1. The normalized spacial score (nSPS) is 17.4. The summed E-state index contributed by atoms with van der Waals surface area (Å²) in [5, 5.41) is 15.4. The van der Waals surface area contributed by atoms with E-state index >= 15 is 0 Å². The lowest BCUT2D eigenvalue weighted by molar-refractivity contribution is -0.384. The van der Waals surface area contributed by atoms with Gasteiger partial charge in [0.25, 0.3) is 5.69 Å². The van der Waals surface area contributed by atoms with Crippen LogP contribution in [0.5, 0.6) is 0 Å². The molecule has 0 radical (unpaired) electrons. The van der Waals surface area contributed by atoms with Gasteiger partial charge in [-0.3, -0.25) is 14.7 Å². The van der Waals surface area contributed by atoms with Crippen LogP contribution in [-0.2, 0) is 4.57 Å². The van der Waals surface area contributed by atoms with Gasteiger partial charge in [0.05, 0.1) is 16.8 Å². The summed E-state index contributed by atoms with van der Waals surface area (Å²) in [4.78, 5) is 10.5. The second kappa shape index (κ2) is 6.64. The zero-order valence-corrected chi connectivity index (χ0v) is 14.9. The van der Waals surface area contributed by atoms with Crippen LogP contribution in [0.1, 0.15) is 5.56 Å². The van der Waals surface area contributed by atoms with E-state index in [0.29, 0.717) is 5.69 Å². The summed E-state index contributed by atoms with van der Waals surface area (Å²) in [6.45, 7) is 3.05. The average molecular weight is 371 g/mol. The maximum absolute atomic E-state index is 13.8. The van der Waals surface area contributed by atoms with Gasteiger partial charge < -0.3 is 0 Å². The molecular formula is C17H18N5O3P. The average Bonchev–Trinajstić information content (AvgIpc) is 3.55. The molecule has 0 N–H and O–H groups in total. The highest BCUT2D eigenvalue weighted by Crippen LogP contribution is 2.64. The molecule has 0 bridgehead atoms. The van der Waals surface area contributed by atoms with Crippen LogP contribution in [0, 0.1) is 10.1 Å². The topological polar surface area (TPSA) is 81.8 Å².